The number of rotatable bonds is 2. The standard InChI is InChI=1S/C15H22N2O/c1-15(2,3)17-10-9-12(11-17)14(18)16-13-7-5-4-6-8-13/h5,7,9-11,13H,4,6,8H2,1-3H3,(H,16,18). The van der Waals surface area contributed by atoms with E-state index in [-0.39, 0.29) is 17.5 Å². The number of allylic oxidation sites excluding steroid dienone is 1. The molecule has 2 rings (SSSR count). The second-order valence-corrected chi connectivity index (χ2v) is 5.92. The fourth-order valence-corrected chi connectivity index (χ4v) is 2.13. The van der Waals surface area contributed by atoms with Gasteiger partial charge in [-0.05, 0) is 46.1 Å². The Balaban J connectivity index is 2.03. The quantitative estimate of drug-likeness (QED) is 0.799. The van der Waals surface area contributed by atoms with E-state index in [2.05, 4.69) is 42.8 Å². The normalized spacial score (nSPS) is 19.8. The average molecular weight is 246 g/mol. The van der Waals surface area contributed by atoms with E-state index >= 15 is 0 Å². The largest absolute Gasteiger partial charge is 0.348 e. The van der Waals surface area contributed by atoms with Gasteiger partial charge < -0.3 is 9.88 Å². The van der Waals surface area contributed by atoms with Gasteiger partial charge in [0.15, 0.2) is 0 Å². The number of hydrogen-bond donors (Lipinski definition) is 1. The molecule has 0 saturated carbocycles. The Bertz CT molecular complexity index is 451. The van der Waals surface area contributed by atoms with Crippen molar-refractivity contribution in [3.05, 3.63) is 36.2 Å². The van der Waals surface area contributed by atoms with Crippen LogP contribution in [0.3, 0.4) is 0 Å². The molecule has 1 N–H and O–H groups in total. The maximum absolute atomic E-state index is 12.1. The molecule has 3 heteroatoms. The van der Waals surface area contributed by atoms with Crippen LogP contribution in [0.15, 0.2) is 30.6 Å². The Hall–Kier alpha value is -1.51. The van der Waals surface area contributed by atoms with E-state index in [0.717, 1.165) is 24.8 Å². The number of nitrogens with zero attached hydrogens (tertiary/aromatic N) is 1. The van der Waals surface area contributed by atoms with Crippen LogP contribution in [0.5, 0.6) is 0 Å². The number of aromatic nitrogens is 1. The van der Waals surface area contributed by atoms with E-state index < -0.39 is 0 Å². The third kappa shape index (κ3) is 3.03. The third-order valence-electron chi connectivity index (χ3n) is 3.30. The zero-order chi connectivity index (χ0) is 13.2. The summed E-state index contributed by atoms with van der Waals surface area (Å²) in [7, 11) is 0. The first kappa shape index (κ1) is 12.9. The minimum atomic E-state index is 0.0171. The van der Waals surface area contributed by atoms with E-state index in [1.165, 1.54) is 0 Å². The number of nitrogens with one attached hydrogen (secondary N) is 1. The topological polar surface area (TPSA) is 34.0 Å². The van der Waals surface area contributed by atoms with Crippen LogP contribution in [0, 0.1) is 0 Å². The van der Waals surface area contributed by atoms with Gasteiger partial charge >= 0.3 is 0 Å². The van der Waals surface area contributed by atoms with Gasteiger partial charge in [0, 0.05) is 24.0 Å². The molecular weight excluding hydrogens is 224 g/mol. The van der Waals surface area contributed by atoms with Crippen molar-refractivity contribution in [3.8, 4) is 0 Å². The van der Waals surface area contributed by atoms with Crippen molar-refractivity contribution < 1.29 is 4.79 Å². The minimum Gasteiger partial charge on any atom is -0.348 e. The zero-order valence-electron chi connectivity index (χ0n) is 11.4. The van der Waals surface area contributed by atoms with Crippen LogP contribution in [-0.2, 0) is 5.54 Å². The van der Waals surface area contributed by atoms with Crippen LogP contribution < -0.4 is 5.32 Å². The number of carbonyl (C=O) groups is 1. The molecule has 1 heterocycles. The fourth-order valence-electron chi connectivity index (χ4n) is 2.13. The summed E-state index contributed by atoms with van der Waals surface area (Å²) in [6, 6.07) is 2.08. The lowest BCUT2D eigenvalue weighted by molar-refractivity contribution is 0.0942. The van der Waals surface area contributed by atoms with Gasteiger partial charge in [-0.25, -0.2) is 0 Å². The first-order valence-electron chi connectivity index (χ1n) is 6.63. The molecule has 3 nitrogen and oxygen atoms in total. The van der Waals surface area contributed by atoms with Gasteiger partial charge in [-0.15, -0.1) is 0 Å². The molecule has 1 aliphatic carbocycles. The van der Waals surface area contributed by atoms with Crippen LogP contribution in [-0.4, -0.2) is 16.5 Å². The lowest BCUT2D eigenvalue weighted by Crippen LogP contribution is -2.34. The number of hydrogen-bond acceptors (Lipinski definition) is 1. The van der Waals surface area contributed by atoms with Gasteiger partial charge in [-0.3, -0.25) is 4.79 Å². The van der Waals surface area contributed by atoms with Crippen molar-refractivity contribution in [1.29, 1.82) is 0 Å². The molecule has 1 aromatic rings. The van der Waals surface area contributed by atoms with E-state index in [1.54, 1.807) is 0 Å². The summed E-state index contributed by atoms with van der Waals surface area (Å²) in [5.41, 5.74) is 0.757. The highest BCUT2D eigenvalue weighted by Gasteiger charge is 2.17. The monoisotopic (exact) mass is 246 g/mol. The van der Waals surface area contributed by atoms with Crippen LogP contribution in [0.25, 0.3) is 0 Å². The molecule has 18 heavy (non-hydrogen) atoms. The number of carbonyl (C=O) groups excluding carboxylic acids is 1. The third-order valence-corrected chi connectivity index (χ3v) is 3.30. The highest BCUT2D eigenvalue weighted by Crippen LogP contribution is 2.16. The van der Waals surface area contributed by atoms with Gasteiger partial charge in [0.2, 0.25) is 0 Å². The van der Waals surface area contributed by atoms with Crippen molar-refractivity contribution in [3.63, 3.8) is 0 Å². The summed E-state index contributed by atoms with van der Waals surface area (Å²) >= 11 is 0. The fraction of sp³-hybridized carbons (Fsp3) is 0.533. The molecule has 0 bridgehead atoms. The summed E-state index contributed by atoms with van der Waals surface area (Å²) in [6.45, 7) is 6.37. The molecule has 1 amide bonds. The van der Waals surface area contributed by atoms with Crippen molar-refractivity contribution in [2.75, 3.05) is 0 Å². The van der Waals surface area contributed by atoms with Gasteiger partial charge in [0.1, 0.15) is 0 Å². The highest BCUT2D eigenvalue weighted by molar-refractivity contribution is 5.94. The average Bonchev–Trinajstić information content (AvgIpc) is 2.79. The molecule has 1 aromatic heterocycles. The van der Waals surface area contributed by atoms with Crippen LogP contribution in [0.4, 0.5) is 0 Å². The maximum Gasteiger partial charge on any atom is 0.253 e. The van der Waals surface area contributed by atoms with Crippen molar-refractivity contribution in [1.82, 2.24) is 9.88 Å². The lowest BCUT2D eigenvalue weighted by Gasteiger charge is -2.21. The molecule has 1 atom stereocenters. The highest BCUT2D eigenvalue weighted by atomic mass is 16.1. The van der Waals surface area contributed by atoms with Gasteiger partial charge in [-0.1, -0.05) is 12.2 Å². The minimum absolute atomic E-state index is 0.0171. The molecule has 0 spiro atoms. The van der Waals surface area contributed by atoms with Crippen molar-refractivity contribution >= 4 is 5.91 Å². The number of amides is 1. The molecule has 98 valence electrons. The zero-order valence-corrected chi connectivity index (χ0v) is 11.4. The molecule has 0 fully saturated rings. The molecule has 1 aliphatic rings. The first-order valence-corrected chi connectivity index (χ1v) is 6.63. The van der Waals surface area contributed by atoms with Crippen LogP contribution >= 0.6 is 0 Å². The van der Waals surface area contributed by atoms with Crippen LogP contribution in [0.1, 0.15) is 50.4 Å². The Morgan fingerprint density at radius 2 is 2.22 bits per heavy atom. The Kier molecular flexibility index (Phi) is 3.60. The summed E-state index contributed by atoms with van der Waals surface area (Å²) in [5.74, 6) is 0.0227. The smallest absolute Gasteiger partial charge is 0.253 e. The summed E-state index contributed by atoms with van der Waals surface area (Å²) in [4.78, 5) is 12.1. The molecule has 0 aliphatic heterocycles. The predicted molar refractivity (Wildman–Crippen MR) is 73.7 cm³/mol. The molecule has 0 saturated heterocycles. The SMILES string of the molecule is CC(C)(C)n1ccc(C(=O)NC2C=CCCC2)c1. The lowest BCUT2D eigenvalue weighted by atomic mass is 10.0. The van der Waals surface area contributed by atoms with Gasteiger partial charge in [0.05, 0.1) is 5.56 Å². The Morgan fingerprint density at radius 1 is 1.44 bits per heavy atom. The molecule has 0 radical (unpaired) electrons. The van der Waals surface area contributed by atoms with E-state index in [9.17, 15) is 4.79 Å². The Morgan fingerprint density at radius 3 is 2.78 bits per heavy atom. The molecular formula is C15H22N2O. The van der Waals surface area contributed by atoms with Gasteiger partial charge in [0.25, 0.3) is 5.91 Å². The summed E-state index contributed by atoms with van der Waals surface area (Å²) in [5, 5.41) is 3.06. The maximum atomic E-state index is 12.1. The second kappa shape index (κ2) is 5.01. The molecule has 1 unspecified atom stereocenters. The predicted octanol–water partition coefficient (Wildman–Crippen LogP) is 3.08. The van der Waals surface area contributed by atoms with E-state index in [0.29, 0.717) is 0 Å². The summed E-state index contributed by atoms with van der Waals surface area (Å²) < 4.78 is 2.07. The van der Waals surface area contributed by atoms with Crippen molar-refractivity contribution in [2.45, 2.75) is 51.6 Å². The summed E-state index contributed by atoms with van der Waals surface area (Å²) in [6.07, 6.45) is 11.5. The van der Waals surface area contributed by atoms with Gasteiger partial charge in [-0.2, -0.15) is 0 Å². The second-order valence-electron chi connectivity index (χ2n) is 5.92. The van der Waals surface area contributed by atoms with E-state index in [1.807, 2.05) is 18.5 Å². The van der Waals surface area contributed by atoms with Crippen molar-refractivity contribution in [2.24, 2.45) is 0 Å². The first-order chi connectivity index (χ1) is 8.47. The Labute approximate surface area is 109 Å². The van der Waals surface area contributed by atoms with Crippen LogP contribution in [0.2, 0.25) is 0 Å². The van der Waals surface area contributed by atoms with E-state index in [4.69, 9.17) is 0 Å². The molecule has 0 aromatic carbocycles.